The topological polar surface area (TPSA) is 86.1 Å². The lowest BCUT2D eigenvalue weighted by molar-refractivity contribution is 0.0947. The molecule has 0 aliphatic carbocycles. The lowest BCUT2D eigenvalue weighted by Gasteiger charge is -2.11. The minimum atomic E-state index is -0.320. The number of hydrogen-bond donors (Lipinski definition) is 1. The van der Waals surface area contributed by atoms with Gasteiger partial charge in [-0.3, -0.25) is 19.6 Å². The fourth-order valence-corrected chi connectivity index (χ4v) is 2.49. The molecule has 0 atom stereocenters. The summed E-state index contributed by atoms with van der Waals surface area (Å²) in [6, 6.07) is 8.79. The van der Waals surface area contributed by atoms with Crippen LogP contribution in [0.4, 0.5) is 0 Å². The molecule has 3 heterocycles. The fraction of sp³-hybridized carbons (Fsp3) is 0.158. The smallest absolute Gasteiger partial charge is 0.256 e. The Bertz CT molecular complexity index is 984. The largest absolute Gasteiger partial charge is 0.496 e. The number of hydrogen-bond acceptors (Lipinski definition) is 5. The number of ether oxygens (including phenoxy) is 1. The van der Waals surface area contributed by atoms with Crippen LogP contribution in [0.3, 0.4) is 0 Å². The number of pyridine rings is 3. The number of rotatable bonds is 5. The predicted octanol–water partition coefficient (Wildman–Crippen LogP) is 1.78. The van der Waals surface area contributed by atoms with Crippen LogP contribution in [-0.4, -0.2) is 27.6 Å². The van der Waals surface area contributed by atoms with Crippen LogP contribution in [0.1, 0.15) is 15.9 Å². The van der Waals surface area contributed by atoms with Crippen LogP contribution >= 0.6 is 0 Å². The minimum absolute atomic E-state index is 0.241. The van der Waals surface area contributed by atoms with E-state index in [2.05, 4.69) is 15.3 Å². The molecule has 0 saturated heterocycles. The zero-order valence-corrected chi connectivity index (χ0v) is 14.5. The third-order valence-corrected chi connectivity index (χ3v) is 3.91. The van der Waals surface area contributed by atoms with Crippen molar-refractivity contribution in [3.8, 4) is 17.0 Å². The highest BCUT2D eigenvalue weighted by atomic mass is 16.5. The maximum atomic E-state index is 12.5. The van der Waals surface area contributed by atoms with Crippen molar-refractivity contribution < 1.29 is 9.53 Å². The van der Waals surface area contributed by atoms with Gasteiger partial charge in [-0.25, -0.2) is 0 Å². The summed E-state index contributed by atoms with van der Waals surface area (Å²) in [6.45, 7) is 0.325. The van der Waals surface area contributed by atoms with Crippen LogP contribution in [0.2, 0.25) is 0 Å². The summed E-state index contributed by atoms with van der Waals surface area (Å²) in [4.78, 5) is 32.5. The van der Waals surface area contributed by atoms with Gasteiger partial charge in [-0.05, 0) is 29.8 Å². The maximum Gasteiger partial charge on any atom is 0.256 e. The van der Waals surface area contributed by atoms with Crippen molar-refractivity contribution in [1.29, 1.82) is 0 Å². The average molecular weight is 350 g/mol. The number of carbonyl (C=O) groups excluding carboxylic acids is 1. The van der Waals surface area contributed by atoms with Crippen LogP contribution < -0.4 is 15.6 Å². The summed E-state index contributed by atoms with van der Waals surface area (Å²) in [5, 5.41) is 2.84. The fourth-order valence-electron chi connectivity index (χ4n) is 2.49. The Kier molecular flexibility index (Phi) is 5.07. The lowest BCUT2D eigenvalue weighted by Crippen LogP contribution is -2.26. The first-order valence-corrected chi connectivity index (χ1v) is 7.96. The molecular weight excluding hydrogens is 332 g/mol. The van der Waals surface area contributed by atoms with E-state index in [0.29, 0.717) is 12.1 Å². The quantitative estimate of drug-likeness (QED) is 0.758. The van der Waals surface area contributed by atoms with E-state index in [-0.39, 0.29) is 17.2 Å². The SMILES string of the molecule is COc1cc(=O)n(C)cc1C(=O)NCc1ccnc(-c2ccncc2)c1. The van der Waals surface area contributed by atoms with Gasteiger partial charge in [-0.15, -0.1) is 0 Å². The molecular formula is C19H18N4O3. The molecule has 0 bridgehead atoms. The molecule has 0 saturated carbocycles. The van der Waals surface area contributed by atoms with Gasteiger partial charge in [0, 0.05) is 50.0 Å². The third kappa shape index (κ3) is 3.77. The van der Waals surface area contributed by atoms with Gasteiger partial charge in [0.1, 0.15) is 5.75 Å². The van der Waals surface area contributed by atoms with E-state index in [1.54, 1.807) is 25.6 Å². The summed E-state index contributed by atoms with van der Waals surface area (Å²) < 4.78 is 6.48. The third-order valence-electron chi connectivity index (χ3n) is 3.91. The molecule has 26 heavy (non-hydrogen) atoms. The summed E-state index contributed by atoms with van der Waals surface area (Å²) in [5.74, 6) is -0.0717. The number of aryl methyl sites for hydroxylation is 1. The molecule has 0 aliphatic rings. The normalized spacial score (nSPS) is 10.4. The Balaban J connectivity index is 1.77. The Labute approximate surface area is 150 Å². The van der Waals surface area contributed by atoms with Crippen molar-refractivity contribution in [1.82, 2.24) is 19.9 Å². The molecule has 7 nitrogen and oxygen atoms in total. The van der Waals surface area contributed by atoms with E-state index < -0.39 is 0 Å². The highest BCUT2D eigenvalue weighted by Gasteiger charge is 2.14. The first kappa shape index (κ1) is 17.3. The molecule has 7 heteroatoms. The van der Waals surface area contributed by atoms with E-state index in [0.717, 1.165) is 16.8 Å². The number of nitrogens with zero attached hydrogens (tertiary/aromatic N) is 3. The molecule has 132 valence electrons. The Morgan fingerprint density at radius 2 is 1.96 bits per heavy atom. The molecule has 3 aromatic rings. The average Bonchev–Trinajstić information content (AvgIpc) is 2.68. The van der Waals surface area contributed by atoms with E-state index >= 15 is 0 Å². The highest BCUT2D eigenvalue weighted by Crippen LogP contribution is 2.17. The zero-order chi connectivity index (χ0) is 18.5. The second-order valence-electron chi connectivity index (χ2n) is 5.67. The van der Waals surface area contributed by atoms with Crippen molar-refractivity contribution in [3.63, 3.8) is 0 Å². The second kappa shape index (κ2) is 7.60. The van der Waals surface area contributed by atoms with Crippen LogP contribution in [0.25, 0.3) is 11.3 Å². The van der Waals surface area contributed by atoms with Gasteiger partial charge >= 0.3 is 0 Å². The van der Waals surface area contributed by atoms with Crippen LogP contribution in [0, 0.1) is 0 Å². The molecule has 1 amide bonds. The number of nitrogens with one attached hydrogen (secondary N) is 1. The van der Waals surface area contributed by atoms with Crippen LogP contribution in [-0.2, 0) is 13.6 Å². The van der Waals surface area contributed by atoms with E-state index in [4.69, 9.17) is 4.74 Å². The van der Waals surface area contributed by atoms with Crippen molar-refractivity contribution >= 4 is 5.91 Å². The van der Waals surface area contributed by atoms with E-state index in [1.165, 1.54) is 23.9 Å². The molecule has 1 N–H and O–H groups in total. The molecule has 0 unspecified atom stereocenters. The summed E-state index contributed by atoms with van der Waals surface area (Å²) >= 11 is 0. The Morgan fingerprint density at radius 3 is 2.69 bits per heavy atom. The Morgan fingerprint density at radius 1 is 1.19 bits per heavy atom. The van der Waals surface area contributed by atoms with Gasteiger partial charge in [0.15, 0.2) is 0 Å². The second-order valence-corrected chi connectivity index (χ2v) is 5.67. The lowest BCUT2D eigenvalue weighted by atomic mass is 10.1. The minimum Gasteiger partial charge on any atom is -0.496 e. The van der Waals surface area contributed by atoms with E-state index in [9.17, 15) is 9.59 Å². The van der Waals surface area contributed by atoms with Gasteiger partial charge < -0.3 is 14.6 Å². The Hall–Kier alpha value is -3.48. The van der Waals surface area contributed by atoms with Gasteiger partial charge in [0.25, 0.3) is 11.5 Å². The number of carbonyl (C=O) groups is 1. The molecule has 0 aliphatic heterocycles. The van der Waals surface area contributed by atoms with Gasteiger partial charge in [0.05, 0.1) is 18.4 Å². The summed E-state index contributed by atoms with van der Waals surface area (Å²) in [5.41, 5.74) is 2.73. The van der Waals surface area contributed by atoms with Crippen molar-refractivity contribution in [2.75, 3.05) is 7.11 Å². The van der Waals surface area contributed by atoms with Crippen molar-refractivity contribution in [2.45, 2.75) is 6.54 Å². The monoisotopic (exact) mass is 350 g/mol. The molecule has 3 rings (SSSR count). The van der Waals surface area contributed by atoms with Crippen molar-refractivity contribution in [2.24, 2.45) is 7.05 Å². The van der Waals surface area contributed by atoms with Crippen molar-refractivity contribution in [3.05, 3.63) is 76.6 Å². The standard InChI is InChI=1S/C19H18N4O3/c1-23-12-15(17(26-2)10-18(23)24)19(25)22-11-13-3-8-21-16(9-13)14-4-6-20-7-5-14/h3-10,12H,11H2,1-2H3,(H,22,25). The predicted molar refractivity (Wildman–Crippen MR) is 96.9 cm³/mol. The molecule has 0 spiro atoms. The van der Waals surface area contributed by atoms with Gasteiger partial charge in [-0.1, -0.05) is 0 Å². The first-order valence-electron chi connectivity index (χ1n) is 7.96. The molecule has 0 radical (unpaired) electrons. The van der Waals surface area contributed by atoms with Gasteiger partial charge in [0.2, 0.25) is 0 Å². The number of methoxy groups -OCH3 is 1. The first-order chi connectivity index (χ1) is 12.6. The van der Waals surface area contributed by atoms with Crippen LogP contribution in [0.15, 0.2) is 59.9 Å². The maximum absolute atomic E-state index is 12.5. The molecule has 0 fully saturated rings. The molecule has 0 aromatic carbocycles. The zero-order valence-electron chi connectivity index (χ0n) is 14.5. The number of amides is 1. The molecule has 3 aromatic heterocycles. The van der Waals surface area contributed by atoms with E-state index in [1.807, 2.05) is 24.3 Å². The summed E-state index contributed by atoms with van der Waals surface area (Å²) in [6.07, 6.45) is 6.57. The van der Waals surface area contributed by atoms with Crippen LogP contribution in [0.5, 0.6) is 5.75 Å². The summed E-state index contributed by atoms with van der Waals surface area (Å²) in [7, 11) is 3.01. The number of aromatic nitrogens is 3. The highest BCUT2D eigenvalue weighted by molar-refractivity contribution is 5.96. The van der Waals surface area contributed by atoms with Gasteiger partial charge in [-0.2, -0.15) is 0 Å².